The number of nitrogens with two attached hydrogens (primary N) is 1. The van der Waals surface area contributed by atoms with Crippen molar-refractivity contribution in [1.29, 1.82) is 0 Å². The maximum absolute atomic E-state index is 12.8. The lowest BCUT2D eigenvalue weighted by Gasteiger charge is -2.23. The van der Waals surface area contributed by atoms with Crippen LogP contribution in [0.25, 0.3) is 22.3 Å². The topological polar surface area (TPSA) is 124 Å². The molecule has 4 heterocycles. The van der Waals surface area contributed by atoms with Crippen LogP contribution >= 0.6 is 12.4 Å². The molecule has 1 aliphatic rings. The summed E-state index contributed by atoms with van der Waals surface area (Å²) in [5, 5.41) is 11.9. The summed E-state index contributed by atoms with van der Waals surface area (Å²) in [6, 6.07) is 11.4. The molecule has 9 nitrogen and oxygen atoms in total. The summed E-state index contributed by atoms with van der Waals surface area (Å²) in [6.07, 6.45) is 7.30. The standard InChI is InChI=1S/C25H28N8O.ClH/c1-2-4-16-10-12-28-20(13-16)31-25(34)18-8-6-17(7-9-18)22-21-23(26)29-15-30-24(21)33(32-22)19-5-3-11-27-14-19;/h6-10,12-13,15,19,27H,2-5,11,14H2,1H3,(H2,26,29,30)(H,28,31,34);1H. The van der Waals surface area contributed by atoms with Gasteiger partial charge in [-0.25, -0.2) is 19.6 Å². The van der Waals surface area contributed by atoms with Crippen molar-refractivity contribution in [3.63, 3.8) is 0 Å². The van der Waals surface area contributed by atoms with Crippen molar-refractivity contribution in [3.05, 3.63) is 60.0 Å². The second-order valence-electron chi connectivity index (χ2n) is 8.58. The van der Waals surface area contributed by atoms with Gasteiger partial charge in [-0.1, -0.05) is 25.5 Å². The third kappa shape index (κ3) is 5.11. The molecule has 1 aromatic carbocycles. The van der Waals surface area contributed by atoms with Crippen molar-refractivity contribution in [2.24, 2.45) is 0 Å². The number of halogens is 1. The van der Waals surface area contributed by atoms with Crippen LogP contribution in [-0.2, 0) is 6.42 Å². The first-order chi connectivity index (χ1) is 16.6. The zero-order chi connectivity index (χ0) is 23.5. The van der Waals surface area contributed by atoms with Gasteiger partial charge >= 0.3 is 0 Å². The number of carbonyl (C=O) groups is 1. The second kappa shape index (κ2) is 10.8. The van der Waals surface area contributed by atoms with Crippen molar-refractivity contribution >= 4 is 41.0 Å². The molecule has 1 amide bonds. The molecule has 0 radical (unpaired) electrons. The van der Waals surface area contributed by atoms with Gasteiger partial charge in [-0.05, 0) is 55.6 Å². The predicted molar refractivity (Wildman–Crippen MR) is 140 cm³/mol. The normalized spacial score (nSPS) is 15.5. The van der Waals surface area contributed by atoms with E-state index in [0.717, 1.165) is 66.6 Å². The molecule has 3 aromatic heterocycles. The van der Waals surface area contributed by atoms with Crippen LogP contribution < -0.4 is 16.4 Å². The van der Waals surface area contributed by atoms with Crippen molar-refractivity contribution in [2.75, 3.05) is 24.1 Å². The molecule has 1 saturated heterocycles. The van der Waals surface area contributed by atoms with Crippen LogP contribution in [0.5, 0.6) is 0 Å². The first-order valence-electron chi connectivity index (χ1n) is 11.7. The van der Waals surface area contributed by atoms with Crippen LogP contribution in [0.4, 0.5) is 11.6 Å². The van der Waals surface area contributed by atoms with E-state index < -0.39 is 0 Å². The smallest absolute Gasteiger partial charge is 0.256 e. The second-order valence-corrected chi connectivity index (χ2v) is 8.58. The molecule has 0 aliphatic carbocycles. The van der Waals surface area contributed by atoms with Crippen molar-refractivity contribution in [1.82, 2.24) is 30.0 Å². The Kier molecular flexibility index (Phi) is 7.57. The van der Waals surface area contributed by atoms with Crippen LogP contribution in [0, 0.1) is 0 Å². The molecule has 0 spiro atoms. The first-order valence-corrected chi connectivity index (χ1v) is 11.7. The quantitative estimate of drug-likeness (QED) is 0.371. The molecule has 0 saturated carbocycles. The molecule has 0 bridgehead atoms. The lowest BCUT2D eigenvalue weighted by molar-refractivity contribution is 0.102. The number of anilines is 2. The van der Waals surface area contributed by atoms with Gasteiger partial charge in [0.25, 0.3) is 5.91 Å². The molecule has 10 heteroatoms. The maximum Gasteiger partial charge on any atom is 0.256 e. The molecular weight excluding hydrogens is 464 g/mol. The molecule has 35 heavy (non-hydrogen) atoms. The van der Waals surface area contributed by atoms with Crippen molar-refractivity contribution in [3.8, 4) is 11.3 Å². The highest BCUT2D eigenvalue weighted by molar-refractivity contribution is 6.04. The van der Waals surface area contributed by atoms with Crippen molar-refractivity contribution < 1.29 is 4.79 Å². The van der Waals surface area contributed by atoms with Crippen LogP contribution in [0.15, 0.2) is 48.9 Å². The summed E-state index contributed by atoms with van der Waals surface area (Å²) in [6.45, 7) is 3.98. The highest BCUT2D eigenvalue weighted by Crippen LogP contribution is 2.33. The van der Waals surface area contributed by atoms with Gasteiger partial charge in [-0.15, -0.1) is 12.4 Å². The Labute approximate surface area is 210 Å². The molecule has 1 atom stereocenters. The third-order valence-electron chi connectivity index (χ3n) is 6.16. The number of hydrogen-bond donors (Lipinski definition) is 3. The van der Waals surface area contributed by atoms with E-state index in [1.165, 1.54) is 6.33 Å². The number of piperidine rings is 1. The van der Waals surface area contributed by atoms with Gasteiger partial charge < -0.3 is 16.4 Å². The number of pyridine rings is 1. The summed E-state index contributed by atoms with van der Waals surface area (Å²) in [5.74, 6) is 0.741. The van der Waals surface area contributed by atoms with Crippen LogP contribution in [0.1, 0.15) is 48.1 Å². The Balaban J connectivity index is 0.00000289. The molecule has 1 unspecified atom stereocenters. The zero-order valence-corrected chi connectivity index (χ0v) is 20.4. The Bertz CT molecular complexity index is 1320. The zero-order valence-electron chi connectivity index (χ0n) is 19.6. The SMILES string of the molecule is CCCc1ccnc(NC(=O)c2ccc(-c3nn(C4CCCNC4)c4ncnc(N)c34)cc2)c1.Cl. The summed E-state index contributed by atoms with van der Waals surface area (Å²) in [5.41, 5.74) is 10.2. The Morgan fingerprint density at radius 3 is 2.77 bits per heavy atom. The third-order valence-corrected chi connectivity index (χ3v) is 6.16. The minimum Gasteiger partial charge on any atom is -0.383 e. The minimum atomic E-state index is -0.209. The highest BCUT2D eigenvalue weighted by Gasteiger charge is 2.23. The minimum absolute atomic E-state index is 0. The van der Waals surface area contributed by atoms with Crippen molar-refractivity contribution in [2.45, 2.75) is 38.6 Å². The number of amides is 1. The molecule has 1 aliphatic heterocycles. The van der Waals surface area contributed by atoms with E-state index in [1.54, 1.807) is 18.3 Å². The van der Waals surface area contributed by atoms with Gasteiger partial charge in [0.1, 0.15) is 23.7 Å². The first kappa shape index (κ1) is 24.6. The number of nitrogens with zero attached hydrogens (tertiary/aromatic N) is 5. The van der Waals surface area contributed by atoms with E-state index in [0.29, 0.717) is 17.2 Å². The lowest BCUT2D eigenvalue weighted by atomic mass is 10.1. The van der Waals surface area contributed by atoms with Gasteiger partial charge in [0.05, 0.1) is 11.4 Å². The molecule has 4 N–H and O–H groups in total. The van der Waals surface area contributed by atoms with E-state index in [-0.39, 0.29) is 24.4 Å². The number of nitrogens with one attached hydrogen (secondary N) is 2. The number of benzene rings is 1. The van der Waals surface area contributed by atoms with E-state index in [9.17, 15) is 4.79 Å². The average molecular weight is 493 g/mol. The van der Waals surface area contributed by atoms with E-state index in [2.05, 4.69) is 32.5 Å². The number of rotatable bonds is 6. The fourth-order valence-electron chi connectivity index (χ4n) is 4.45. The predicted octanol–water partition coefficient (Wildman–Crippen LogP) is 4.02. The Hall–Kier alpha value is -3.56. The number of hydrogen-bond acceptors (Lipinski definition) is 7. The Morgan fingerprint density at radius 1 is 1.20 bits per heavy atom. The summed E-state index contributed by atoms with van der Waals surface area (Å²) in [7, 11) is 0. The van der Waals surface area contributed by atoms with Crippen LogP contribution in [0.2, 0.25) is 0 Å². The van der Waals surface area contributed by atoms with Gasteiger partial charge in [-0.2, -0.15) is 5.10 Å². The fraction of sp³-hybridized carbons (Fsp3) is 0.320. The molecule has 182 valence electrons. The number of aromatic nitrogens is 5. The Morgan fingerprint density at radius 2 is 2.03 bits per heavy atom. The van der Waals surface area contributed by atoms with Gasteiger partial charge in [0.15, 0.2) is 5.65 Å². The molecule has 4 aromatic rings. The summed E-state index contributed by atoms with van der Waals surface area (Å²) >= 11 is 0. The van der Waals surface area contributed by atoms with Crippen LogP contribution in [0.3, 0.4) is 0 Å². The summed E-state index contributed by atoms with van der Waals surface area (Å²) in [4.78, 5) is 25.7. The number of nitrogen functional groups attached to an aromatic ring is 1. The van der Waals surface area contributed by atoms with Crippen LogP contribution in [-0.4, -0.2) is 43.7 Å². The monoisotopic (exact) mass is 492 g/mol. The lowest BCUT2D eigenvalue weighted by Crippen LogP contribution is -2.32. The number of fused-ring (bicyclic) bond motifs is 1. The van der Waals surface area contributed by atoms with E-state index >= 15 is 0 Å². The number of carbonyl (C=O) groups excluding carboxylic acids is 1. The average Bonchev–Trinajstić information content (AvgIpc) is 3.26. The van der Waals surface area contributed by atoms with Gasteiger partial charge in [-0.3, -0.25) is 4.79 Å². The fourth-order valence-corrected chi connectivity index (χ4v) is 4.45. The van der Waals surface area contributed by atoms with E-state index in [1.807, 2.05) is 28.9 Å². The maximum atomic E-state index is 12.8. The largest absolute Gasteiger partial charge is 0.383 e. The van der Waals surface area contributed by atoms with E-state index in [4.69, 9.17) is 10.8 Å². The highest BCUT2D eigenvalue weighted by atomic mass is 35.5. The van der Waals surface area contributed by atoms with Gasteiger partial charge in [0.2, 0.25) is 0 Å². The van der Waals surface area contributed by atoms with Gasteiger partial charge in [0, 0.05) is 23.9 Å². The number of aryl methyl sites for hydroxylation is 1. The molecule has 1 fully saturated rings. The summed E-state index contributed by atoms with van der Waals surface area (Å²) < 4.78 is 1.96. The molecular formula is C25H29ClN8O. The molecule has 5 rings (SSSR count).